The number of carbonyl (C=O) groups is 1. The third kappa shape index (κ3) is 3.08. The molecule has 1 heterocycles. The molecule has 2 aromatic rings. The van der Waals surface area contributed by atoms with Gasteiger partial charge in [0.2, 0.25) is 0 Å². The molecule has 4 nitrogen and oxygen atoms in total. The molecule has 1 N–H and O–H groups in total. The molecule has 1 aromatic carbocycles. The standard InChI is InChI=1S/C12H8F3NO3S/c1-6-9(10(17)18)20-11(16-6)19-8-4-2-3-7(5-8)12(13,14)15/h2-5H,1H3,(H,17,18). The number of aryl methyl sites for hydroxylation is 1. The van der Waals surface area contributed by atoms with Crippen LogP contribution in [-0.4, -0.2) is 16.1 Å². The summed E-state index contributed by atoms with van der Waals surface area (Å²) in [5.74, 6) is -1.20. The molecular weight excluding hydrogens is 295 g/mol. The Morgan fingerprint density at radius 2 is 2.10 bits per heavy atom. The smallest absolute Gasteiger partial charge is 0.416 e. The van der Waals surface area contributed by atoms with E-state index in [1.165, 1.54) is 19.1 Å². The molecule has 20 heavy (non-hydrogen) atoms. The van der Waals surface area contributed by atoms with Gasteiger partial charge in [0.1, 0.15) is 10.6 Å². The number of rotatable bonds is 3. The van der Waals surface area contributed by atoms with Crippen LogP contribution in [-0.2, 0) is 6.18 Å². The lowest BCUT2D eigenvalue weighted by Crippen LogP contribution is -2.04. The first-order valence-electron chi connectivity index (χ1n) is 5.33. The average molecular weight is 303 g/mol. The first kappa shape index (κ1) is 14.3. The number of nitrogens with zero attached hydrogens (tertiary/aromatic N) is 1. The molecule has 0 atom stereocenters. The summed E-state index contributed by atoms with van der Waals surface area (Å²) >= 11 is 0.762. The van der Waals surface area contributed by atoms with Crippen molar-refractivity contribution < 1.29 is 27.8 Å². The van der Waals surface area contributed by atoms with Gasteiger partial charge in [0.15, 0.2) is 0 Å². The maximum absolute atomic E-state index is 12.5. The van der Waals surface area contributed by atoms with Crippen LogP contribution in [0.25, 0.3) is 0 Å². The Bertz CT molecular complexity index is 652. The Morgan fingerprint density at radius 3 is 2.65 bits per heavy atom. The topological polar surface area (TPSA) is 59.4 Å². The van der Waals surface area contributed by atoms with Crippen molar-refractivity contribution in [1.82, 2.24) is 4.98 Å². The minimum Gasteiger partial charge on any atom is -0.477 e. The van der Waals surface area contributed by atoms with Crippen molar-refractivity contribution in [3.8, 4) is 10.9 Å². The molecule has 2 rings (SSSR count). The summed E-state index contributed by atoms with van der Waals surface area (Å²) in [5.41, 5.74) is -0.591. The number of hydrogen-bond acceptors (Lipinski definition) is 4. The summed E-state index contributed by atoms with van der Waals surface area (Å²) in [6.07, 6.45) is -4.47. The Balaban J connectivity index is 2.26. The number of halogens is 3. The van der Waals surface area contributed by atoms with Gasteiger partial charge in [0.05, 0.1) is 11.3 Å². The predicted molar refractivity (Wildman–Crippen MR) is 65.3 cm³/mol. The van der Waals surface area contributed by atoms with E-state index >= 15 is 0 Å². The highest BCUT2D eigenvalue weighted by molar-refractivity contribution is 7.15. The first-order valence-corrected chi connectivity index (χ1v) is 6.15. The molecule has 0 fully saturated rings. The molecule has 0 amide bonds. The van der Waals surface area contributed by atoms with Crippen LogP contribution in [0.5, 0.6) is 10.9 Å². The number of carboxylic acid groups (broad SMARTS) is 1. The molecular formula is C12H8F3NO3S. The number of aromatic carboxylic acids is 1. The largest absolute Gasteiger partial charge is 0.477 e. The zero-order valence-corrected chi connectivity index (χ0v) is 10.9. The minimum atomic E-state index is -4.47. The molecule has 1 aromatic heterocycles. The molecule has 0 saturated heterocycles. The number of thiazole rings is 1. The fourth-order valence-corrected chi connectivity index (χ4v) is 2.23. The van der Waals surface area contributed by atoms with E-state index in [-0.39, 0.29) is 21.5 Å². The van der Waals surface area contributed by atoms with Crippen LogP contribution >= 0.6 is 11.3 Å². The highest BCUT2D eigenvalue weighted by atomic mass is 32.1. The Kier molecular flexibility index (Phi) is 3.67. The van der Waals surface area contributed by atoms with Crippen LogP contribution in [0.15, 0.2) is 24.3 Å². The van der Waals surface area contributed by atoms with Gasteiger partial charge in [-0.2, -0.15) is 13.2 Å². The van der Waals surface area contributed by atoms with Crippen LogP contribution in [0, 0.1) is 6.92 Å². The van der Waals surface area contributed by atoms with E-state index in [0.717, 1.165) is 23.5 Å². The number of alkyl halides is 3. The fourth-order valence-electron chi connectivity index (χ4n) is 1.45. The van der Waals surface area contributed by atoms with Crippen molar-refractivity contribution >= 4 is 17.3 Å². The quantitative estimate of drug-likeness (QED) is 0.932. The van der Waals surface area contributed by atoms with Gasteiger partial charge in [-0.15, -0.1) is 0 Å². The summed E-state index contributed by atoms with van der Waals surface area (Å²) in [7, 11) is 0. The van der Waals surface area contributed by atoms with Gasteiger partial charge >= 0.3 is 12.1 Å². The molecule has 0 aliphatic carbocycles. The SMILES string of the molecule is Cc1nc(Oc2cccc(C(F)(F)F)c2)sc1C(=O)O. The third-order valence-electron chi connectivity index (χ3n) is 2.34. The highest BCUT2D eigenvalue weighted by Gasteiger charge is 2.30. The minimum absolute atomic E-state index is 0.00743. The van der Waals surface area contributed by atoms with E-state index in [0.29, 0.717) is 0 Å². The van der Waals surface area contributed by atoms with Crippen molar-refractivity contribution in [3.63, 3.8) is 0 Å². The van der Waals surface area contributed by atoms with Gasteiger partial charge in [0, 0.05) is 0 Å². The molecule has 0 bridgehead atoms. The highest BCUT2D eigenvalue weighted by Crippen LogP contribution is 2.34. The Labute approximate surface area is 115 Å². The number of ether oxygens (including phenoxy) is 1. The van der Waals surface area contributed by atoms with E-state index in [2.05, 4.69) is 4.98 Å². The number of benzene rings is 1. The molecule has 0 unspecified atom stereocenters. The fraction of sp³-hybridized carbons (Fsp3) is 0.167. The third-order valence-corrected chi connectivity index (χ3v) is 3.36. The van der Waals surface area contributed by atoms with Crippen molar-refractivity contribution in [2.24, 2.45) is 0 Å². The summed E-state index contributed by atoms with van der Waals surface area (Å²) in [6, 6.07) is 4.29. The van der Waals surface area contributed by atoms with Crippen molar-refractivity contribution in [2.75, 3.05) is 0 Å². The lowest BCUT2D eigenvalue weighted by Gasteiger charge is -2.08. The summed E-state index contributed by atoms with van der Waals surface area (Å²) in [5, 5.41) is 8.85. The average Bonchev–Trinajstić information content (AvgIpc) is 2.69. The maximum Gasteiger partial charge on any atom is 0.416 e. The second kappa shape index (κ2) is 5.12. The van der Waals surface area contributed by atoms with Gasteiger partial charge in [-0.25, -0.2) is 9.78 Å². The summed E-state index contributed by atoms with van der Waals surface area (Å²) in [4.78, 5) is 14.7. The molecule has 0 aliphatic rings. The maximum atomic E-state index is 12.5. The molecule has 0 radical (unpaired) electrons. The Morgan fingerprint density at radius 1 is 1.40 bits per heavy atom. The zero-order chi connectivity index (χ0) is 14.9. The lowest BCUT2D eigenvalue weighted by molar-refractivity contribution is -0.137. The number of carboxylic acids is 1. The van der Waals surface area contributed by atoms with Gasteiger partial charge in [-0.1, -0.05) is 17.4 Å². The molecule has 0 aliphatic heterocycles. The summed E-state index contributed by atoms with van der Waals surface area (Å²) < 4.78 is 42.8. The summed E-state index contributed by atoms with van der Waals surface area (Å²) in [6.45, 7) is 1.49. The lowest BCUT2D eigenvalue weighted by atomic mass is 10.2. The second-order valence-electron chi connectivity index (χ2n) is 3.83. The zero-order valence-electron chi connectivity index (χ0n) is 10.1. The molecule has 0 spiro atoms. The van der Waals surface area contributed by atoms with E-state index in [9.17, 15) is 18.0 Å². The van der Waals surface area contributed by atoms with Crippen LogP contribution in [0.2, 0.25) is 0 Å². The monoisotopic (exact) mass is 303 g/mol. The first-order chi connectivity index (χ1) is 9.27. The molecule has 106 valence electrons. The van der Waals surface area contributed by atoms with E-state index in [1.807, 2.05) is 0 Å². The second-order valence-corrected chi connectivity index (χ2v) is 4.79. The predicted octanol–water partition coefficient (Wildman–Crippen LogP) is 3.96. The van der Waals surface area contributed by atoms with Crippen LogP contribution in [0.1, 0.15) is 20.9 Å². The van der Waals surface area contributed by atoms with Crippen molar-refractivity contribution in [1.29, 1.82) is 0 Å². The number of hydrogen-bond donors (Lipinski definition) is 1. The van der Waals surface area contributed by atoms with Gasteiger partial charge in [0.25, 0.3) is 5.19 Å². The van der Waals surface area contributed by atoms with Crippen LogP contribution in [0.3, 0.4) is 0 Å². The van der Waals surface area contributed by atoms with Crippen LogP contribution < -0.4 is 4.74 Å². The van der Waals surface area contributed by atoms with Gasteiger partial charge < -0.3 is 9.84 Å². The number of aromatic nitrogens is 1. The van der Waals surface area contributed by atoms with E-state index < -0.39 is 17.7 Å². The molecule has 0 saturated carbocycles. The van der Waals surface area contributed by atoms with E-state index in [1.54, 1.807) is 0 Å². The van der Waals surface area contributed by atoms with Gasteiger partial charge in [-0.05, 0) is 25.1 Å². The van der Waals surface area contributed by atoms with Crippen molar-refractivity contribution in [3.05, 3.63) is 40.4 Å². The Hall–Kier alpha value is -2.09. The van der Waals surface area contributed by atoms with Crippen molar-refractivity contribution in [2.45, 2.75) is 13.1 Å². The normalized spacial score (nSPS) is 11.4. The van der Waals surface area contributed by atoms with Crippen LogP contribution in [0.4, 0.5) is 13.2 Å². The van der Waals surface area contributed by atoms with E-state index in [4.69, 9.17) is 9.84 Å². The molecule has 8 heteroatoms. The van der Waals surface area contributed by atoms with Gasteiger partial charge in [-0.3, -0.25) is 0 Å².